The van der Waals surface area contributed by atoms with Crippen LogP contribution in [-0.2, 0) is 0 Å². The first-order chi connectivity index (χ1) is 8.75. The first-order valence-electron chi connectivity index (χ1n) is 5.62. The number of carbonyl (C=O) groups is 1. The molecule has 0 saturated carbocycles. The summed E-state index contributed by atoms with van der Waals surface area (Å²) >= 11 is 2.23. The van der Waals surface area contributed by atoms with Crippen molar-refractivity contribution in [2.75, 3.05) is 0 Å². The monoisotopic (exact) mass is 347 g/mol. The Kier molecular flexibility index (Phi) is 2.91. The number of ketones is 1. The molecule has 1 N–H and O–H groups in total. The van der Waals surface area contributed by atoms with Crippen molar-refractivity contribution in [1.82, 2.24) is 4.98 Å². The molecule has 88 valence electrons. The minimum Gasteiger partial charge on any atom is -0.361 e. The topological polar surface area (TPSA) is 32.9 Å². The SMILES string of the molecule is O=C(c1ccc(I)cc1)c1cccc2cc[nH]c12. The second-order valence-electron chi connectivity index (χ2n) is 4.08. The van der Waals surface area contributed by atoms with Gasteiger partial charge in [-0.1, -0.05) is 12.1 Å². The smallest absolute Gasteiger partial charge is 0.195 e. The summed E-state index contributed by atoms with van der Waals surface area (Å²) in [6, 6.07) is 15.4. The Balaban J connectivity index is 2.12. The van der Waals surface area contributed by atoms with Gasteiger partial charge in [-0.05, 0) is 59.0 Å². The summed E-state index contributed by atoms with van der Waals surface area (Å²) < 4.78 is 1.13. The number of H-pyrrole nitrogens is 1. The van der Waals surface area contributed by atoms with E-state index in [2.05, 4.69) is 27.6 Å². The molecule has 18 heavy (non-hydrogen) atoms. The summed E-state index contributed by atoms with van der Waals surface area (Å²) in [5.74, 6) is 0.0550. The van der Waals surface area contributed by atoms with E-state index in [0.717, 1.165) is 25.6 Å². The number of benzene rings is 2. The number of hydrogen-bond donors (Lipinski definition) is 1. The van der Waals surface area contributed by atoms with Gasteiger partial charge in [-0.2, -0.15) is 0 Å². The molecule has 0 aliphatic heterocycles. The molecule has 2 nitrogen and oxygen atoms in total. The Bertz CT molecular complexity index is 713. The summed E-state index contributed by atoms with van der Waals surface area (Å²) in [5, 5.41) is 1.06. The van der Waals surface area contributed by atoms with Gasteiger partial charge in [-0.25, -0.2) is 0 Å². The maximum absolute atomic E-state index is 12.4. The number of para-hydroxylation sites is 1. The number of aromatic nitrogens is 1. The predicted molar refractivity (Wildman–Crippen MR) is 80.9 cm³/mol. The second kappa shape index (κ2) is 4.57. The minimum atomic E-state index is 0.0550. The number of rotatable bonds is 2. The van der Waals surface area contributed by atoms with E-state index < -0.39 is 0 Å². The molecule has 0 saturated heterocycles. The van der Waals surface area contributed by atoms with Gasteiger partial charge in [0.15, 0.2) is 5.78 Å². The van der Waals surface area contributed by atoms with Crippen LogP contribution in [-0.4, -0.2) is 10.8 Å². The number of halogens is 1. The average Bonchev–Trinajstić information content (AvgIpc) is 2.87. The van der Waals surface area contributed by atoms with Gasteiger partial charge < -0.3 is 4.98 Å². The van der Waals surface area contributed by atoms with Crippen molar-refractivity contribution >= 4 is 39.3 Å². The van der Waals surface area contributed by atoms with E-state index in [0.29, 0.717) is 0 Å². The van der Waals surface area contributed by atoms with Gasteiger partial charge in [0.1, 0.15) is 0 Å². The van der Waals surface area contributed by atoms with Crippen molar-refractivity contribution in [3.63, 3.8) is 0 Å². The van der Waals surface area contributed by atoms with Crippen LogP contribution in [0, 0.1) is 3.57 Å². The summed E-state index contributed by atoms with van der Waals surface area (Å²) in [5.41, 5.74) is 2.34. The number of hydrogen-bond acceptors (Lipinski definition) is 1. The molecule has 0 amide bonds. The van der Waals surface area contributed by atoms with Crippen molar-refractivity contribution in [1.29, 1.82) is 0 Å². The molecule has 0 bridgehead atoms. The van der Waals surface area contributed by atoms with E-state index in [1.54, 1.807) is 0 Å². The third-order valence-corrected chi connectivity index (χ3v) is 3.66. The quantitative estimate of drug-likeness (QED) is 0.552. The van der Waals surface area contributed by atoms with Gasteiger partial charge in [-0.15, -0.1) is 0 Å². The Morgan fingerprint density at radius 3 is 2.56 bits per heavy atom. The highest BCUT2D eigenvalue weighted by molar-refractivity contribution is 14.1. The van der Waals surface area contributed by atoms with Gasteiger partial charge >= 0.3 is 0 Å². The van der Waals surface area contributed by atoms with Crippen molar-refractivity contribution < 1.29 is 4.79 Å². The molecule has 0 aliphatic rings. The van der Waals surface area contributed by atoms with E-state index in [1.165, 1.54) is 0 Å². The van der Waals surface area contributed by atoms with Gasteiger partial charge in [0.25, 0.3) is 0 Å². The molecule has 1 aromatic heterocycles. The lowest BCUT2D eigenvalue weighted by Gasteiger charge is -2.03. The summed E-state index contributed by atoms with van der Waals surface area (Å²) in [6.07, 6.45) is 1.86. The lowest BCUT2D eigenvalue weighted by Crippen LogP contribution is -2.02. The molecule has 0 unspecified atom stereocenters. The Morgan fingerprint density at radius 1 is 1.00 bits per heavy atom. The van der Waals surface area contributed by atoms with Crippen molar-refractivity contribution in [2.24, 2.45) is 0 Å². The standard InChI is InChI=1S/C15H10INO/c16-12-6-4-11(5-7-12)15(18)13-3-1-2-10-8-9-17-14(10)13/h1-9,17H. The zero-order chi connectivity index (χ0) is 12.5. The van der Waals surface area contributed by atoms with E-state index in [4.69, 9.17) is 0 Å². The van der Waals surface area contributed by atoms with Gasteiger partial charge in [0, 0.05) is 26.3 Å². The van der Waals surface area contributed by atoms with Crippen molar-refractivity contribution in [2.45, 2.75) is 0 Å². The maximum Gasteiger partial charge on any atom is 0.195 e. The maximum atomic E-state index is 12.4. The fourth-order valence-corrected chi connectivity index (χ4v) is 2.39. The highest BCUT2D eigenvalue weighted by atomic mass is 127. The summed E-state index contributed by atoms with van der Waals surface area (Å²) in [6.45, 7) is 0. The van der Waals surface area contributed by atoms with E-state index in [1.807, 2.05) is 54.7 Å². The first-order valence-corrected chi connectivity index (χ1v) is 6.70. The third kappa shape index (κ3) is 1.95. The van der Waals surface area contributed by atoms with Crippen LogP contribution in [0.1, 0.15) is 15.9 Å². The normalized spacial score (nSPS) is 10.7. The fourth-order valence-electron chi connectivity index (χ4n) is 2.03. The minimum absolute atomic E-state index is 0.0550. The van der Waals surface area contributed by atoms with Crippen LogP contribution in [0.5, 0.6) is 0 Å². The molecule has 0 aliphatic carbocycles. The Hall–Kier alpha value is -1.62. The Morgan fingerprint density at radius 2 is 1.78 bits per heavy atom. The summed E-state index contributed by atoms with van der Waals surface area (Å²) in [4.78, 5) is 15.6. The lowest BCUT2D eigenvalue weighted by molar-refractivity contribution is 0.104. The molecule has 1 heterocycles. The molecule has 3 heteroatoms. The van der Waals surface area contributed by atoms with E-state index >= 15 is 0 Å². The van der Waals surface area contributed by atoms with Crippen molar-refractivity contribution in [3.05, 3.63) is 69.4 Å². The van der Waals surface area contributed by atoms with Crippen LogP contribution < -0.4 is 0 Å². The largest absolute Gasteiger partial charge is 0.361 e. The van der Waals surface area contributed by atoms with Crippen LogP contribution in [0.2, 0.25) is 0 Å². The predicted octanol–water partition coefficient (Wildman–Crippen LogP) is 4.00. The van der Waals surface area contributed by atoms with Crippen LogP contribution in [0.15, 0.2) is 54.7 Å². The highest BCUT2D eigenvalue weighted by Gasteiger charge is 2.12. The summed E-state index contributed by atoms with van der Waals surface area (Å²) in [7, 11) is 0. The number of carbonyl (C=O) groups excluding carboxylic acids is 1. The highest BCUT2D eigenvalue weighted by Crippen LogP contribution is 2.20. The van der Waals surface area contributed by atoms with Gasteiger partial charge in [0.05, 0.1) is 5.52 Å². The second-order valence-corrected chi connectivity index (χ2v) is 5.33. The fraction of sp³-hybridized carbons (Fsp3) is 0. The molecular formula is C15H10INO. The molecule has 3 rings (SSSR count). The molecule has 0 spiro atoms. The van der Waals surface area contributed by atoms with Gasteiger partial charge in [-0.3, -0.25) is 4.79 Å². The Labute approximate surface area is 118 Å². The number of fused-ring (bicyclic) bond motifs is 1. The van der Waals surface area contributed by atoms with Crippen molar-refractivity contribution in [3.8, 4) is 0 Å². The zero-order valence-corrected chi connectivity index (χ0v) is 11.6. The van der Waals surface area contributed by atoms with Crippen LogP contribution in [0.4, 0.5) is 0 Å². The lowest BCUT2D eigenvalue weighted by atomic mass is 10.0. The molecule has 3 aromatic rings. The third-order valence-electron chi connectivity index (χ3n) is 2.94. The molecular weight excluding hydrogens is 337 g/mol. The van der Waals surface area contributed by atoms with Crippen LogP contribution in [0.3, 0.4) is 0 Å². The number of aromatic amines is 1. The molecule has 0 radical (unpaired) electrons. The first kappa shape index (κ1) is 11.5. The van der Waals surface area contributed by atoms with E-state index in [9.17, 15) is 4.79 Å². The van der Waals surface area contributed by atoms with Gasteiger partial charge in [0.2, 0.25) is 0 Å². The molecule has 0 fully saturated rings. The molecule has 2 aromatic carbocycles. The zero-order valence-electron chi connectivity index (χ0n) is 9.48. The van der Waals surface area contributed by atoms with Crippen LogP contribution >= 0.6 is 22.6 Å². The molecule has 0 atom stereocenters. The van der Waals surface area contributed by atoms with E-state index in [-0.39, 0.29) is 5.78 Å². The number of nitrogens with one attached hydrogen (secondary N) is 1. The van der Waals surface area contributed by atoms with Crippen LogP contribution in [0.25, 0.3) is 10.9 Å². The average molecular weight is 347 g/mol.